The lowest BCUT2D eigenvalue weighted by molar-refractivity contribution is 1.05. The van der Waals surface area contributed by atoms with Crippen LogP contribution in [0.4, 0.5) is 0 Å². The van der Waals surface area contributed by atoms with Crippen LogP contribution in [0.3, 0.4) is 0 Å². The highest BCUT2D eigenvalue weighted by molar-refractivity contribution is 6.30. The Balaban J connectivity index is 2.06. The van der Waals surface area contributed by atoms with Crippen molar-refractivity contribution < 1.29 is 0 Å². The van der Waals surface area contributed by atoms with Gasteiger partial charge in [0.05, 0.1) is 23.6 Å². The minimum Gasteiger partial charge on any atom is -0.312 e. The minimum absolute atomic E-state index is 0.178. The zero-order chi connectivity index (χ0) is 15.8. The van der Waals surface area contributed by atoms with Crippen LogP contribution in [0.5, 0.6) is 0 Å². The molecule has 0 atom stereocenters. The molecule has 0 aliphatic carbocycles. The van der Waals surface area contributed by atoms with E-state index in [9.17, 15) is 4.79 Å². The van der Waals surface area contributed by atoms with Crippen molar-refractivity contribution in [3.8, 4) is 16.8 Å². The van der Waals surface area contributed by atoms with Crippen LogP contribution >= 0.6 is 11.6 Å². The summed E-state index contributed by atoms with van der Waals surface area (Å²) in [5.74, 6) is 0. The van der Waals surface area contributed by atoms with Crippen molar-refractivity contribution in [2.75, 3.05) is 0 Å². The molecule has 1 aromatic carbocycles. The second-order valence-electron chi connectivity index (χ2n) is 5.06. The van der Waals surface area contributed by atoms with Gasteiger partial charge in [-0.05, 0) is 29.8 Å². The van der Waals surface area contributed by atoms with Gasteiger partial charge in [0.2, 0.25) is 0 Å². The summed E-state index contributed by atoms with van der Waals surface area (Å²) in [7, 11) is 0. The Morgan fingerprint density at radius 1 is 1.13 bits per heavy atom. The Morgan fingerprint density at radius 3 is 2.70 bits per heavy atom. The standard InChI is InChI=1S/C17H11ClN4O/c18-12-5-3-11(4-6-12)14-9-22(13-2-1-7-19-8-13)16-15(14)17(23)21-10-20-16/h1-10H,(H,20,21,23). The molecule has 3 aromatic heterocycles. The van der Waals surface area contributed by atoms with E-state index in [-0.39, 0.29) is 5.56 Å². The number of hydrogen-bond donors (Lipinski definition) is 1. The molecule has 0 saturated carbocycles. The van der Waals surface area contributed by atoms with Crippen LogP contribution < -0.4 is 5.56 Å². The summed E-state index contributed by atoms with van der Waals surface area (Å²) in [5, 5.41) is 1.19. The first-order valence-electron chi connectivity index (χ1n) is 6.99. The first kappa shape index (κ1) is 13.7. The van der Waals surface area contributed by atoms with E-state index in [0.29, 0.717) is 16.1 Å². The fourth-order valence-corrected chi connectivity index (χ4v) is 2.74. The molecular formula is C17H11ClN4O. The molecule has 0 aliphatic rings. The van der Waals surface area contributed by atoms with Crippen LogP contribution in [0.2, 0.25) is 5.02 Å². The summed E-state index contributed by atoms with van der Waals surface area (Å²) in [6.45, 7) is 0. The molecule has 112 valence electrons. The lowest BCUT2D eigenvalue weighted by Crippen LogP contribution is -2.07. The normalized spacial score (nSPS) is 11.0. The van der Waals surface area contributed by atoms with Crippen molar-refractivity contribution >= 4 is 22.6 Å². The average Bonchev–Trinajstić information content (AvgIpc) is 2.97. The second-order valence-corrected chi connectivity index (χ2v) is 5.50. The lowest BCUT2D eigenvalue weighted by Gasteiger charge is -2.02. The quantitative estimate of drug-likeness (QED) is 0.615. The predicted octanol–water partition coefficient (Wildman–Crippen LogP) is 3.43. The molecule has 0 aliphatic heterocycles. The number of nitrogens with one attached hydrogen (secondary N) is 1. The SMILES string of the molecule is O=c1[nH]cnc2c1c(-c1ccc(Cl)cc1)cn2-c1cccnc1. The summed E-state index contributed by atoms with van der Waals surface area (Å²) >= 11 is 5.96. The lowest BCUT2D eigenvalue weighted by atomic mass is 10.1. The Hall–Kier alpha value is -2.92. The molecule has 3 heterocycles. The number of pyridine rings is 1. The Bertz CT molecular complexity index is 1040. The minimum atomic E-state index is -0.178. The van der Waals surface area contributed by atoms with Crippen LogP contribution in [0, 0.1) is 0 Å². The number of H-pyrrole nitrogens is 1. The maximum absolute atomic E-state index is 12.3. The zero-order valence-corrected chi connectivity index (χ0v) is 12.7. The molecule has 0 bridgehead atoms. The molecule has 23 heavy (non-hydrogen) atoms. The van der Waals surface area contributed by atoms with Gasteiger partial charge in [-0.25, -0.2) is 4.98 Å². The number of fused-ring (bicyclic) bond motifs is 1. The van der Waals surface area contributed by atoms with Gasteiger partial charge >= 0.3 is 0 Å². The van der Waals surface area contributed by atoms with E-state index in [2.05, 4.69) is 15.0 Å². The van der Waals surface area contributed by atoms with Gasteiger partial charge in [0, 0.05) is 23.0 Å². The number of nitrogens with zero attached hydrogens (tertiary/aromatic N) is 3. The van der Waals surface area contributed by atoms with Crippen LogP contribution in [0.25, 0.3) is 27.8 Å². The summed E-state index contributed by atoms with van der Waals surface area (Å²) in [4.78, 5) is 23.4. The van der Waals surface area contributed by atoms with Gasteiger partial charge < -0.3 is 4.98 Å². The Morgan fingerprint density at radius 2 is 1.96 bits per heavy atom. The number of hydrogen-bond acceptors (Lipinski definition) is 3. The van der Waals surface area contributed by atoms with E-state index in [1.165, 1.54) is 6.33 Å². The van der Waals surface area contributed by atoms with Crippen LogP contribution in [0.1, 0.15) is 0 Å². The molecule has 0 radical (unpaired) electrons. The predicted molar refractivity (Wildman–Crippen MR) is 89.9 cm³/mol. The van der Waals surface area contributed by atoms with Gasteiger partial charge in [-0.15, -0.1) is 0 Å². The molecule has 4 aromatic rings. The molecule has 6 heteroatoms. The molecule has 0 fully saturated rings. The van der Waals surface area contributed by atoms with E-state index in [4.69, 9.17) is 11.6 Å². The molecule has 5 nitrogen and oxygen atoms in total. The number of halogens is 1. The molecule has 1 N–H and O–H groups in total. The van der Waals surface area contributed by atoms with E-state index in [0.717, 1.165) is 16.8 Å². The molecular weight excluding hydrogens is 312 g/mol. The molecule has 4 rings (SSSR count). The van der Waals surface area contributed by atoms with Crippen LogP contribution in [-0.4, -0.2) is 19.5 Å². The van der Waals surface area contributed by atoms with Crippen LogP contribution in [0.15, 0.2) is 66.1 Å². The highest BCUT2D eigenvalue weighted by Gasteiger charge is 2.15. The van der Waals surface area contributed by atoms with Crippen molar-refractivity contribution in [2.45, 2.75) is 0 Å². The number of aromatic amines is 1. The maximum atomic E-state index is 12.3. The second kappa shape index (κ2) is 5.37. The fraction of sp³-hybridized carbons (Fsp3) is 0. The monoisotopic (exact) mass is 322 g/mol. The first-order chi connectivity index (χ1) is 11.2. The maximum Gasteiger partial charge on any atom is 0.260 e. The van der Waals surface area contributed by atoms with Gasteiger partial charge in [-0.2, -0.15) is 0 Å². The first-order valence-corrected chi connectivity index (χ1v) is 7.37. The largest absolute Gasteiger partial charge is 0.312 e. The third kappa shape index (κ3) is 2.31. The van der Waals surface area contributed by atoms with Crippen molar-refractivity contribution in [3.05, 3.63) is 76.7 Å². The van der Waals surface area contributed by atoms with Crippen molar-refractivity contribution in [2.24, 2.45) is 0 Å². The molecule has 0 amide bonds. The van der Waals surface area contributed by atoms with Crippen molar-refractivity contribution in [1.29, 1.82) is 0 Å². The van der Waals surface area contributed by atoms with E-state index in [1.54, 1.807) is 24.5 Å². The summed E-state index contributed by atoms with van der Waals surface area (Å²) in [6.07, 6.45) is 6.74. The van der Waals surface area contributed by atoms with E-state index >= 15 is 0 Å². The molecule has 0 saturated heterocycles. The zero-order valence-electron chi connectivity index (χ0n) is 11.9. The summed E-state index contributed by atoms with van der Waals surface area (Å²) in [5.41, 5.74) is 2.96. The fourth-order valence-electron chi connectivity index (χ4n) is 2.61. The third-order valence-electron chi connectivity index (χ3n) is 3.67. The number of rotatable bonds is 2. The van der Waals surface area contributed by atoms with Gasteiger partial charge in [0.15, 0.2) is 5.65 Å². The Kier molecular flexibility index (Phi) is 3.20. The van der Waals surface area contributed by atoms with E-state index < -0.39 is 0 Å². The summed E-state index contributed by atoms with van der Waals surface area (Å²) in [6, 6.07) is 11.1. The van der Waals surface area contributed by atoms with Crippen molar-refractivity contribution in [3.63, 3.8) is 0 Å². The average molecular weight is 323 g/mol. The highest BCUT2D eigenvalue weighted by atomic mass is 35.5. The van der Waals surface area contributed by atoms with Gasteiger partial charge in [0.25, 0.3) is 5.56 Å². The summed E-state index contributed by atoms with van der Waals surface area (Å²) < 4.78 is 1.86. The highest BCUT2D eigenvalue weighted by Crippen LogP contribution is 2.29. The van der Waals surface area contributed by atoms with Crippen LogP contribution in [-0.2, 0) is 0 Å². The third-order valence-corrected chi connectivity index (χ3v) is 3.92. The topological polar surface area (TPSA) is 63.6 Å². The Labute approximate surface area is 136 Å². The molecule has 0 unspecified atom stereocenters. The van der Waals surface area contributed by atoms with Gasteiger partial charge in [-0.3, -0.25) is 14.3 Å². The van der Waals surface area contributed by atoms with E-state index in [1.807, 2.05) is 35.0 Å². The molecule has 0 spiro atoms. The number of aromatic nitrogens is 4. The number of benzene rings is 1. The van der Waals surface area contributed by atoms with Gasteiger partial charge in [-0.1, -0.05) is 23.7 Å². The van der Waals surface area contributed by atoms with Gasteiger partial charge in [0.1, 0.15) is 0 Å². The smallest absolute Gasteiger partial charge is 0.260 e. The van der Waals surface area contributed by atoms with Crippen molar-refractivity contribution in [1.82, 2.24) is 19.5 Å².